The minimum Gasteiger partial charge on any atom is -0.493 e. The monoisotopic (exact) mass is 453 g/mol. The van der Waals surface area contributed by atoms with E-state index in [0.717, 1.165) is 17.1 Å². The van der Waals surface area contributed by atoms with Crippen molar-refractivity contribution in [2.75, 3.05) is 33.2 Å². The summed E-state index contributed by atoms with van der Waals surface area (Å²) >= 11 is 0. The molecule has 11 nitrogen and oxygen atoms in total. The van der Waals surface area contributed by atoms with E-state index in [1.54, 1.807) is 24.7 Å². The third kappa shape index (κ3) is 6.19. The summed E-state index contributed by atoms with van der Waals surface area (Å²) in [6.07, 6.45) is 3.94. The van der Waals surface area contributed by atoms with Crippen LogP contribution in [-0.4, -0.2) is 59.7 Å². The van der Waals surface area contributed by atoms with Crippen LogP contribution >= 0.6 is 0 Å². The first-order valence-corrected chi connectivity index (χ1v) is 10.2. The first-order valence-electron chi connectivity index (χ1n) is 10.2. The molecule has 11 heteroatoms. The molecule has 1 aromatic carbocycles. The zero-order valence-electron chi connectivity index (χ0n) is 19.2. The molecule has 0 radical (unpaired) electrons. The van der Waals surface area contributed by atoms with Gasteiger partial charge < -0.3 is 19.2 Å². The van der Waals surface area contributed by atoms with Crippen molar-refractivity contribution in [3.8, 4) is 17.2 Å². The van der Waals surface area contributed by atoms with Gasteiger partial charge in [-0.1, -0.05) is 0 Å². The van der Waals surface area contributed by atoms with Gasteiger partial charge in [0, 0.05) is 41.8 Å². The second-order valence-electron chi connectivity index (χ2n) is 7.02. The van der Waals surface area contributed by atoms with Crippen molar-refractivity contribution in [2.45, 2.75) is 20.3 Å². The number of nitrogens with zero attached hydrogens (tertiary/aromatic N) is 4. The number of carbonyl (C=O) groups is 1. The van der Waals surface area contributed by atoms with Crippen LogP contribution in [0.15, 0.2) is 35.7 Å². The van der Waals surface area contributed by atoms with Crippen LogP contribution in [0.4, 0.5) is 5.95 Å². The van der Waals surface area contributed by atoms with Gasteiger partial charge in [-0.2, -0.15) is 0 Å². The number of anilines is 1. The Morgan fingerprint density at radius 2 is 1.70 bits per heavy atom. The van der Waals surface area contributed by atoms with E-state index in [2.05, 4.69) is 35.6 Å². The fourth-order valence-corrected chi connectivity index (χ4v) is 3.10. The smallest absolute Gasteiger partial charge is 0.258 e. The molecule has 0 bridgehead atoms. The Labute approximate surface area is 191 Å². The van der Waals surface area contributed by atoms with Gasteiger partial charge in [0.05, 0.1) is 27.7 Å². The standard InChI is InChI=1S/C22H27N7O4/c1-13-8-14(2)27-22(26-13)29-21(24-7-6-16-11-23-12-25-16)28-20(30)15-9-17(31-3)19(33-5)18(10-15)32-4/h8-12H,6-7H2,1-5H3,(H,23,25)(H2,24,26,27,28,29,30). The van der Waals surface area contributed by atoms with Gasteiger partial charge >= 0.3 is 0 Å². The molecule has 2 aromatic heterocycles. The lowest BCUT2D eigenvalue weighted by Gasteiger charge is -2.15. The summed E-state index contributed by atoms with van der Waals surface area (Å²) in [5.74, 6) is 1.24. The number of methoxy groups -OCH3 is 3. The number of hydrogen-bond acceptors (Lipinski definition) is 8. The third-order valence-corrected chi connectivity index (χ3v) is 4.58. The molecule has 174 valence electrons. The fraction of sp³-hybridized carbons (Fsp3) is 0.318. The first kappa shape index (κ1) is 23.5. The van der Waals surface area contributed by atoms with Crippen LogP contribution in [0.3, 0.4) is 0 Å². The number of nitrogens with one attached hydrogen (secondary N) is 3. The van der Waals surface area contributed by atoms with Crippen molar-refractivity contribution in [3.63, 3.8) is 0 Å². The van der Waals surface area contributed by atoms with Gasteiger partial charge in [0.25, 0.3) is 5.91 Å². The van der Waals surface area contributed by atoms with Crippen LogP contribution in [0.2, 0.25) is 0 Å². The Morgan fingerprint density at radius 1 is 1.03 bits per heavy atom. The lowest BCUT2D eigenvalue weighted by molar-refractivity contribution is 0.0976. The number of imidazole rings is 1. The van der Waals surface area contributed by atoms with E-state index in [4.69, 9.17) is 14.2 Å². The molecule has 0 aliphatic rings. The van der Waals surface area contributed by atoms with Crippen LogP contribution in [0.25, 0.3) is 0 Å². The van der Waals surface area contributed by atoms with Gasteiger partial charge in [-0.3, -0.25) is 20.4 Å². The van der Waals surface area contributed by atoms with E-state index in [9.17, 15) is 4.79 Å². The summed E-state index contributed by atoms with van der Waals surface area (Å²) in [5.41, 5.74) is 2.81. The van der Waals surface area contributed by atoms with Gasteiger partial charge in [-0.25, -0.2) is 15.0 Å². The van der Waals surface area contributed by atoms with E-state index in [1.807, 2.05) is 19.9 Å². The van der Waals surface area contributed by atoms with Crippen LogP contribution in [0.5, 0.6) is 17.2 Å². The van der Waals surface area contributed by atoms with Crippen molar-refractivity contribution in [1.29, 1.82) is 0 Å². The highest BCUT2D eigenvalue weighted by Crippen LogP contribution is 2.38. The minimum absolute atomic E-state index is 0.207. The Morgan fingerprint density at radius 3 is 2.24 bits per heavy atom. The maximum absolute atomic E-state index is 13.1. The third-order valence-electron chi connectivity index (χ3n) is 4.58. The lowest BCUT2D eigenvalue weighted by atomic mass is 10.1. The molecule has 0 spiro atoms. The molecule has 0 unspecified atom stereocenters. The summed E-state index contributed by atoms with van der Waals surface area (Å²) in [4.78, 5) is 33.3. The van der Waals surface area contributed by atoms with Gasteiger partial charge in [-0.05, 0) is 32.0 Å². The molecule has 0 aliphatic heterocycles. The fourth-order valence-electron chi connectivity index (χ4n) is 3.10. The van der Waals surface area contributed by atoms with E-state index >= 15 is 0 Å². The lowest BCUT2D eigenvalue weighted by Crippen LogP contribution is -2.37. The number of H-pyrrole nitrogens is 1. The van der Waals surface area contributed by atoms with Crippen LogP contribution in [0.1, 0.15) is 27.4 Å². The summed E-state index contributed by atoms with van der Waals surface area (Å²) in [5, 5.41) is 5.79. The molecular formula is C22H27N7O4. The minimum atomic E-state index is -0.425. The molecule has 3 aromatic rings. The Kier molecular flexibility index (Phi) is 7.79. The summed E-state index contributed by atoms with van der Waals surface area (Å²) in [7, 11) is 4.47. The quantitative estimate of drug-likeness (QED) is 0.349. The highest BCUT2D eigenvalue weighted by Gasteiger charge is 2.18. The van der Waals surface area contributed by atoms with Gasteiger partial charge in [0.15, 0.2) is 11.5 Å². The van der Waals surface area contributed by atoms with Gasteiger partial charge in [0.1, 0.15) is 0 Å². The number of ether oxygens (including phenoxy) is 3. The SMILES string of the molecule is COc1cc(C(=O)NC(=NCCc2cnc[nH]2)Nc2nc(C)cc(C)n2)cc(OC)c1OC. The largest absolute Gasteiger partial charge is 0.493 e. The number of aromatic nitrogens is 4. The number of benzene rings is 1. The predicted octanol–water partition coefficient (Wildman–Crippen LogP) is 2.28. The highest BCUT2D eigenvalue weighted by atomic mass is 16.5. The van der Waals surface area contributed by atoms with Crippen molar-refractivity contribution < 1.29 is 19.0 Å². The number of aryl methyl sites for hydroxylation is 2. The Balaban J connectivity index is 1.85. The van der Waals surface area contributed by atoms with Crippen LogP contribution in [0, 0.1) is 13.8 Å². The molecule has 0 atom stereocenters. The number of guanidine groups is 1. The zero-order chi connectivity index (χ0) is 23.8. The van der Waals surface area contributed by atoms with Gasteiger partial charge in [0.2, 0.25) is 17.7 Å². The van der Waals surface area contributed by atoms with Crippen molar-refractivity contribution >= 4 is 17.8 Å². The number of hydrogen-bond donors (Lipinski definition) is 3. The summed E-state index contributed by atoms with van der Waals surface area (Å²) in [6.45, 7) is 4.12. The Hall–Kier alpha value is -4.15. The molecular weight excluding hydrogens is 426 g/mol. The van der Waals surface area contributed by atoms with Crippen molar-refractivity contribution in [3.05, 3.63) is 53.4 Å². The second-order valence-corrected chi connectivity index (χ2v) is 7.02. The second kappa shape index (κ2) is 10.9. The van der Waals surface area contributed by atoms with Crippen LogP contribution in [-0.2, 0) is 6.42 Å². The maximum Gasteiger partial charge on any atom is 0.258 e. The molecule has 1 amide bonds. The van der Waals surface area contributed by atoms with E-state index < -0.39 is 5.91 Å². The average molecular weight is 454 g/mol. The normalized spacial score (nSPS) is 11.1. The zero-order valence-corrected chi connectivity index (χ0v) is 19.2. The highest BCUT2D eigenvalue weighted by molar-refractivity contribution is 6.10. The van der Waals surface area contributed by atoms with E-state index in [-0.39, 0.29) is 5.96 Å². The molecule has 33 heavy (non-hydrogen) atoms. The first-order chi connectivity index (χ1) is 15.9. The number of amides is 1. The summed E-state index contributed by atoms with van der Waals surface area (Å²) in [6, 6.07) is 4.98. The predicted molar refractivity (Wildman–Crippen MR) is 123 cm³/mol. The molecule has 0 aliphatic carbocycles. The average Bonchev–Trinajstić information content (AvgIpc) is 3.30. The molecule has 0 saturated carbocycles. The number of aromatic amines is 1. The molecule has 3 N–H and O–H groups in total. The van der Waals surface area contributed by atoms with Crippen LogP contribution < -0.4 is 24.8 Å². The van der Waals surface area contributed by atoms with Crippen molar-refractivity contribution in [2.24, 2.45) is 4.99 Å². The molecule has 0 saturated heterocycles. The number of aliphatic imine (C=N–C) groups is 1. The molecule has 0 fully saturated rings. The molecule has 2 heterocycles. The number of rotatable bonds is 8. The Bertz CT molecular complexity index is 1080. The summed E-state index contributed by atoms with van der Waals surface area (Å²) < 4.78 is 16.0. The maximum atomic E-state index is 13.1. The van der Waals surface area contributed by atoms with E-state index in [0.29, 0.717) is 41.7 Å². The van der Waals surface area contributed by atoms with E-state index in [1.165, 1.54) is 21.3 Å². The number of carbonyl (C=O) groups excluding carboxylic acids is 1. The molecule has 3 rings (SSSR count). The van der Waals surface area contributed by atoms with Crippen molar-refractivity contribution in [1.82, 2.24) is 25.3 Å². The van der Waals surface area contributed by atoms with Gasteiger partial charge in [-0.15, -0.1) is 0 Å². The topological polar surface area (TPSA) is 136 Å².